The molecule has 3 heterocycles. The van der Waals surface area contributed by atoms with Gasteiger partial charge in [0.05, 0.1) is 5.69 Å². The van der Waals surface area contributed by atoms with Crippen molar-refractivity contribution in [3.05, 3.63) is 27.9 Å². The van der Waals surface area contributed by atoms with Crippen LogP contribution >= 0.6 is 0 Å². The average molecular weight is 417 g/mol. The van der Waals surface area contributed by atoms with E-state index in [0.717, 1.165) is 50.2 Å². The summed E-state index contributed by atoms with van der Waals surface area (Å²) in [5.41, 5.74) is 0.667. The molecule has 0 unspecified atom stereocenters. The number of methoxy groups -OCH3 is 1. The minimum absolute atomic E-state index is 0.00287. The van der Waals surface area contributed by atoms with Crippen LogP contribution in [0.25, 0.3) is 0 Å². The van der Waals surface area contributed by atoms with Crippen LogP contribution in [0.2, 0.25) is 0 Å². The van der Waals surface area contributed by atoms with Gasteiger partial charge in [-0.1, -0.05) is 6.92 Å². The monoisotopic (exact) mass is 416 g/mol. The smallest absolute Gasteiger partial charge is 0.251 e. The van der Waals surface area contributed by atoms with E-state index in [1.165, 1.54) is 7.11 Å². The van der Waals surface area contributed by atoms with Crippen LogP contribution in [0.1, 0.15) is 62.4 Å². The molecule has 4 rings (SSSR count). The van der Waals surface area contributed by atoms with Crippen LogP contribution in [0, 0.1) is 11.8 Å². The average Bonchev–Trinajstić information content (AvgIpc) is 3.49. The van der Waals surface area contributed by atoms with E-state index in [-0.39, 0.29) is 41.7 Å². The number of nitrogens with one attached hydrogen (secondary N) is 1. The molecule has 164 valence electrons. The SMILES string of the molecule is COCC(=O)N1CCC(c2nc([C@@H]3CCCN(C(=O)[C@H]4C[C@H]4C)C3)cc(=O)[nH]2)CC1. The Balaban J connectivity index is 1.43. The fourth-order valence-electron chi connectivity index (χ4n) is 4.83. The topological polar surface area (TPSA) is 95.6 Å². The number of aromatic amines is 1. The number of amides is 2. The van der Waals surface area contributed by atoms with Crippen LogP contribution in [-0.2, 0) is 14.3 Å². The quantitative estimate of drug-likeness (QED) is 0.785. The molecule has 0 radical (unpaired) electrons. The predicted molar refractivity (Wildman–Crippen MR) is 111 cm³/mol. The first-order valence-corrected chi connectivity index (χ1v) is 11.1. The summed E-state index contributed by atoms with van der Waals surface area (Å²) in [6.07, 6.45) is 4.44. The van der Waals surface area contributed by atoms with E-state index in [0.29, 0.717) is 25.6 Å². The Labute approximate surface area is 177 Å². The highest BCUT2D eigenvalue weighted by molar-refractivity contribution is 5.81. The molecule has 0 aromatic carbocycles. The van der Waals surface area contributed by atoms with Crippen molar-refractivity contribution in [1.82, 2.24) is 19.8 Å². The molecule has 8 nitrogen and oxygen atoms in total. The highest BCUT2D eigenvalue weighted by Crippen LogP contribution is 2.40. The number of aromatic nitrogens is 2. The van der Waals surface area contributed by atoms with Crippen LogP contribution < -0.4 is 5.56 Å². The zero-order valence-corrected chi connectivity index (χ0v) is 17.9. The molecule has 3 atom stereocenters. The number of carbonyl (C=O) groups excluding carboxylic acids is 2. The summed E-state index contributed by atoms with van der Waals surface area (Å²) in [7, 11) is 1.52. The summed E-state index contributed by atoms with van der Waals surface area (Å²) in [5.74, 6) is 1.93. The minimum Gasteiger partial charge on any atom is -0.375 e. The largest absolute Gasteiger partial charge is 0.375 e. The standard InChI is InChI=1S/C22H32N4O4/c1-14-10-17(14)22(29)26-7-3-4-16(12-26)18-11-19(27)24-21(23-18)15-5-8-25(9-6-15)20(28)13-30-2/h11,14-17H,3-10,12-13H2,1-2H3,(H,23,24,27)/t14-,16-,17+/m1/s1. The van der Waals surface area contributed by atoms with Crippen molar-refractivity contribution in [1.29, 1.82) is 0 Å². The molecule has 30 heavy (non-hydrogen) atoms. The molecule has 2 saturated heterocycles. The minimum atomic E-state index is -0.132. The first-order chi connectivity index (χ1) is 14.5. The molecule has 3 fully saturated rings. The van der Waals surface area contributed by atoms with Crippen molar-refractivity contribution in [2.75, 3.05) is 39.9 Å². The van der Waals surface area contributed by atoms with Crippen molar-refractivity contribution >= 4 is 11.8 Å². The van der Waals surface area contributed by atoms with Gasteiger partial charge in [0.2, 0.25) is 11.8 Å². The van der Waals surface area contributed by atoms with E-state index < -0.39 is 0 Å². The summed E-state index contributed by atoms with van der Waals surface area (Å²) < 4.78 is 4.94. The maximum absolute atomic E-state index is 12.7. The first kappa shape index (κ1) is 21.0. The Bertz CT molecular complexity index is 846. The molecule has 1 aromatic heterocycles. The van der Waals surface area contributed by atoms with Gasteiger partial charge in [0.1, 0.15) is 12.4 Å². The van der Waals surface area contributed by atoms with Gasteiger partial charge in [-0.15, -0.1) is 0 Å². The van der Waals surface area contributed by atoms with Crippen molar-refractivity contribution < 1.29 is 14.3 Å². The van der Waals surface area contributed by atoms with Crippen LogP contribution in [0.15, 0.2) is 10.9 Å². The van der Waals surface area contributed by atoms with E-state index in [4.69, 9.17) is 9.72 Å². The van der Waals surface area contributed by atoms with E-state index in [1.54, 1.807) is 6.07 Å². The second-order valence-corrected chi connectivity index (χ2v) is 9.09. The van der Waals surface area contributed by atoms with E-state index in [1.807, 2.05) is 9.80 Å². The first-order valence-electron chi connectivity index (χ1n) is 11.1. The summed E-state index contributed by atoms with van der Waals surface area (Å²) in [6, 6.07) is 1.60. The van der Waals surface area contributed by atoms with Gasteiger partial charge in [-0.25, -0.2) is 4.98 Å². The van der Waals surface area contributed by atoms with Crippen molar-refractivity contribution in [3.8, 4) is 0 Å². The summed E-state index contributed by atoms with van der Waals surface area (Å²) in [4.78, 5) is 48.6. The Morgan fingerprint density at radius 2 is 1.90 bits per heavy atom. The zero-order valence-electron chi connectivity index (χ0n) is 17.9. The normalized spacial score (nSPS) is 27.2. The van der Waals surface area contributed by atoms with E-state index >= 15 is 0 Å². The Morgan fingerprint density at radius 3 is 2.57 bits per heavy atom. The number of rotatable bonds is 5. The third-order valence-corrected chi connectivity index (χ3v) is 6.86. The predicted octanol–water partition coefficient (Wildman–Crippen LogP) is 1.48. The van der Waals surface area contributed by atoms with Gasteiger partial charge in [0.15, 0.2) is 0 Å². The van der Waals surface area contributed by atoms with Crippen LogP contribution in [0.4, 0.5) is 0 Å². The molecule has 8 heteroatoms. The lowest BCUT2D eigenvalue weighted by Gasteiger charge is -2.34. The highest BCUT2D eigenvalue weighted by atomic mass is 16.5. The number of H-pyrrole nitrogens is 1. The third kappa shape index (κ3) is 4.58. The van der Waals surface area contributed by atoms with E-state index in [9.17, 15) is 14.4 Å². The zero-order chi connectivity index (χ0) is 21.3. The summed E-state index contributed by atoms with van der Waals surface area (Å²) in [5, 5.41) is 0. The number of nitrogens with zero attached hydrogens (tertiary/aromatic N) is 3. The van der Waals surface area contributed by atoms with Gasteiger partial charge in [0, 0.05) is 57.1 Å². The number of piperidine rings is 2. The number of ether oxygens (including phenoxy) is 1. The molecule has 2 amide bonds. The highest BCUT2D eigenvalue weighted by Gasteiger charge is 2.42. The van der Waals surface area contributed by atoms with Crippen LogP contribution in [-0.4, -0.2) is 71.5 Å². The van der Waals surface area contributed by atoms with Crippen molar-refractivity contribution in [2.45, 2.75) is 50.9 Å². The maximum Gasteiger partial charge on any atom is 0.251 e. The molecule has 1 N–H and O–H groups in total. The van der Waals surface area contributed by atoms with Gasteiger partial charge >= 0.3 is 0 Å². The summed E-state index contributed by atoms with van der Waals surface area (Å²) >= 11 is 0. The lowest BCUT2D eigenvalue weighted by Crippen LogP contribution is -2.41. The molecule has 1 saturated carbocycles. The summed E-state index contributed by atoms with van der Waals surface area (Å²) in [6.45, 7) is 4.98. The van der Waals surface area contributed by atoms with Gasteiger partial charge in [-0.3, -0.25) is 14.4 Å². The second-order valence-electron chi connectivity index (χ2n) is 9.09. The molecule has 1 aromatic rings. The molecule has 1 aliphatic carbocycles. The van der Waals surface area contributed by atoms with Crippen molar-refractivity contribution in [2.24, 2.45) is 11.8 Å². The molecular weight excluding hydrogens is 384 g/mol. The number of likely N-dealkylation sites (tertiary alicyclic amines) is 2. The molecular formula is C22H32N4O4. The van der Waals surface area contributed by atoms with Gasteiger partial charge < -0.3 is 19.5 Å². The Kier molecular flexibility index (Phi) is 6.22. The van der Waals surface area contributed by atoms with Gasteiger partial charge in [0.25, 0.3) is 5.56 Å². The Hall–Kier alpha value is -2.22. The number of hydrogen-bond acceptors (Lipinski definition) is 5. The fraction of sp³-hybridized carbons (Fsp3) is 0.727. The number of hydrogen-bond donors (Lipinski definition) is 1. The van der Waals surface area contributed by atoms with Crippen LogP contribution in [0.5, 0.6) is 0 Å². The second kappa shape index (κ2) is 8.88. The lowest BCUT2D eigenvalue weighted by atomic mass is 9.92. The van der Waals surface area contributed by atoms with Crippen molar-refractivity contribution in [3.63, 3.8) is 0 Å². The molecule has 2 aliphatic heterocycles. The molecule has 0 spiro atoms. The Morgan fingerprint density at radius 1 is 1.17 bits per heavy atom. The molecule has 0 bridgehead atoms. The van der Waals surface area contributed by atoms with Gasteiger partial charge in [-0.05, 0) is 38.0 Å². The maximum atomic E-state index is 12.7. The number of carbonyl (C=O) groups is 2. The van der Waals surface area contributed by atoms with Gasteiger partial charge in [-0.2, -0.15) is 0 Å². The van der Waals surface area contributed by atoms with E-state index in [2.05, 4.69) is 11.9 Å². The fourth-order valence-corrected chi connectivity index (χ4v) is 4.83. The van der Waals surface area contributed by atoms with Crippen LogP contribution in [0.3, 0.4) is 0 Å². The third-order valence-electron chi connectivity index (χ3n) is 6.86. The lowest BCUT2D eigenvalue weighted by molar-refractivity contribution is -0.136. The molecule has 3 aliphatic rings.